The van der Waals surface area contributed by atoms with Gasteiger partial charge in [-0.15, -0.1) is 0 Å². The van der Waals surface area contributed by atoms with Gasteiger partial charge in [0.2, 0.25) is 10.0 Å². The van der Waals surface area contributed by atoms with E-state index in [9.17, 15) is 23.1 Å². The van der Waals surface area contributed by atoms with Crippen molar-refractivity contribution in [2.45, 2.75) is 63.2 Å². The molecule has 0 saturated carbocycles. The standard InChI is InChI=1S/C34H44N4O7S/c1-24-21-38(25(2)23-39)34(41)30-20-28(36-33(40)27-15-17-35-18-16-27)13-14-31(30)45-26(3)10-8-9-19-44-32(24)22-37(4)46(42,43)29-11-6-5-7-12-29/h5-7,11-18,20,24-26,32,39H,8-10,19,21-23H2,1-4H3,(H,36,40)/t24-,25+,26+,32+/m0/s1. The van der Waals surface area contributed by atoms with Crippen molar-refractivity contribution in [1.29, 1.82) is 0 Å². The Hall–Kier alpha value is -3.84. The van der Waals surface area contributed by atoms with Gasteiger partial charge >= 0.3 is 0 Å². The molecule has 2 aromatic carbocycles. The van der Waals surface area contributed by atoms with Crippen molar-refractivity contribution in [3.8, 4) is 5.75 Å². The number of pyridine rings is 1. The summed E-state index contributed by atoms with van der Waals surface area (Å²) in [7, 11) is -2.24. The molecule has 2 amide bonds. The summed E-state index contributed by atoms with van der Waals surface area (Å²) in [4.78, 5) is 32.9. The predicted octanol–water partition coefficient (Wildman–Crippen LogP) is 4.45. The van der Waals surface area contributed by atoms with E-state index < -0.39 is 28.1 Å². The molecule has 2 N–H and O–H groups in total. The monoisotopic (exact) mass is 652 g/mol. The summed E-state index contributed by atoms with van der Waals surface area (Å²) >= 11 is 0. The van der Waals surface area contributed by atoms with Gasteiger partial charge in [0.25, 0.3) is 11.8 Å². The molecule has 3 aromatic rings. The highest BCUT2D eigenvalue weighted by Crippen LogP contribution is 2.29. The Morgan fingerprint density at radius 2 is 1.83 bits per heavy atom. The normalized spacial score (nSPS) is 20.7. The Morgan fingerprint density at radius 1 is 1.11 bits per heavy atom. The lowest BCUT2D eigenvalue weighted by Gasteiger charge is -2.35. The highest BCUT2D eigenvalue weighted by molar-refractivity contribution is 7.89. The molecule has 0 fully saturated rings. The fourth-order valence-corrected chi connectivity index (χ4v) is 6.50. The Labute approximate surface area is 271 Å². The van der Waals surface area contributed by atoms with Gasteiger partial charge < -0.3 is 24.8 Å². The summed E-state index contributed by atoms with van der Waals surface area (Å²) in [5, 5.41) is 13.0. The highest BCUT2D eigenvalue weighted by Gasteiger charge is 2.32. The highest BCUT2D eigenvalue weighted by atomic mass is 32.2. The first-order valence-electron chi connectivity index (χ1n) is 15.6. The average molecular weight is 653 g/mol. The average Bonchev–Trinajstić information content (AvgIpc) is 3.06. The molecule has 11 nitrogen and oxygen atoms in total. The molecule has 0 bridgehead atoms. The van der Waals surface area contributed by atoms with Gasteiger partial charge in [0.1, 0.15) is 5.75 Å². The zero-order valence-electron chi connectivity index (χ0n) is 26.8. The van der Waals surface area contributed by atoms with Crippen LogP contribution in [0.2, 0.25) is 0 Å². The van der Waals surface area contributed by atoms with Crippen molar-refractivity contribution in [3.05, 3.63) is 84.2 Å². The number of anilines is 1. The van der Waals surface area contributed by atoms with Crippen LogP contribution in [0.25, 0.3) is 0 Å². The lowest BCUT2D eigenvalue weighted by Crippen LogP contribution is -2.48. The molecular weight excluding hydrogens is 608 g/mol. The second-order valence-electron chi connectivity index (χ2n) is 11.8. The van der Waals surface area contributed by atoms with Gasteiger partial charge in [-0.05, 0) is 75.6 Å². The van der Waals surface area contributed by atoms with Crippen molar-refractivity contribution < 1.29 is 32.6 Å². The van der Waals surface area contributed by atoms with Crippen LogP contribution in [-0.2, 0) is 14.8 Å². The zero-order valence-corrected chi connectivity index (χ0v) is 27.7. The van der Waals surface area contributed by atoms with Crippen molar-refractivity contribution in [1.82, 2.24) is 14.2 Å². The number of rotatable bonds is 8. The van der Waals surface area contributed by atoms with E-state index in [1.54, 1.807) is 72.5 Å². The van der Waals surface area contributed by atoms with Crippen LogP contribution in [0, 0.1) is 5.92 Å². The number of nitrogens with one attached hydrogen (secondary N) is 1. The number of carbonyl (C=O) groups excluding carboxylic acids is 2. The molecule has 4 rings (SSSR count). The summed E-state index contributed by atoms with van der Waals surface area (Å²) in [6, 6.07) is 15.8. The molecule has 1 aromatic heterocycles. The van der Waals surface area contributed by atoms with E-state index in [4.69, 9.17) is 9.47 Å². The number of aliphatic hydroxyl groups is 1. The molecule has 12 heteroatoms. The van der Waals surface area contributed by atoms with Crippen LogP contribution in [0.3, 0.4) is 0 Å². The third-order valence-electron chi connectivity index (χ3n) is 8.14. The fourth-order valence-electron chi connectivity index (χ4n) is 5.29. The largest absolute Gasteiger partial charge is 0.490 e. The predicted molar refractivity (Wildman–Crippen MR) is 175 cm³/mol. The molecule has 0 unspecified atom stereocenters. The van der Waals surface area contributed by atoms with Crippen molar-refractivity contribution >= 4 is 27.5 Å². The topological polar surface area (TPSA) is 138 Å². The van der Waals surface area contributed by atoms with E-state index in [-0.39, 0.29) is 48.1 Å². The number of aliphatic hydroxyl groups excluding tert-OH is 1. The Kier molecular flexibility index (Phi) is 12.3. The van der Waals surface area contributed by atoms with Gasteiger partial charge in [0, 0.05) is 56.3 Å². The number of likely N-dealkylation sites (N-methyl/N-ethyl adjacent to an activating group) is 1. The Balaban J connectivity index is 1.65. The third-order valence-corrected chi connectivity index (χ3v) is 9.98. The van der Waals surface area contributed by atoms with Gasteiger partial charge in [-0.2, -0.15) is 4.31 Å². The van der Waals surface area contributed by atoms with E-state index in [0.29, 0.717) is 30.0 Å². The number of benzene rings is 2. The number of nitrogens with zero attached hydrogens (tertiary/aromatic N) is 3. The van der Waals surface area contributed by atoms with Crippen LogP contribution in [0.4, 0.5) is 5.69 Å². The van der Waals surface area contributed by atoms with Gasteiger partial charge in [-0.3, -0.25) is 14.6 Å². The maximum absolute atomic E-state index is 14.3. The lowest BCUT2D eigenvalue weighted by atomic mass is 10.0. The van der Waals surface area contributed by atoms with Crippen LogP contribution in [0.15, 0.2) is 78.0 Å². The maximum Gasteiger partial charge on any atom is 0.258 e. The number of amides is 2. The van der Waals surface area contributed by atoms with Crippen molar-refractivity contribution in [2.24, 2.45) is 5.92 Å². The summed E-state index contributed by atoms with van der Waals surface area (Å²) in [5.74, 6) is -0.682. The minimum absolute atomic E-state index is 0.0786. The number of sulfonamides is 1. The molecule has 248 valence electrons. The number of fused-ring (bicyclic) bond motifs is 1. The van der Waals surface area contributed by atoms with Crippen LogP contribution >= 0.6 is 0 Å². The molecule has 46 heavy (non-hydrogen) atoms. The number of hydrogen-bond donors (Lipinski definition) is 2. The molecule has 0 spiro atoms. The van der Waals surface area contributed by atoms with E-state index >= 15 is 0 Å². The minimum Gasteiger partial charge on any atom is -0.490 e. The molecule has 1 aliphatic heterocycles. The first-order chi connectivity index (χ1) is 22.0. The SMILES string of the molecule is C[C@@H]1CCCCO[C@H](CN(C)S(=O)(=O)c2ccccc2)[C@@H](C)CN([C@H](C)CO)C(=O)c2cc(NC(=O)c3ccncc3)ccc2O1. The van der Waals surface area contributed by atoms with Gasteiger partial charge in [-0.25, -0.2) is 8.42 Å². The van der Waals surface area contributed by atoms with Crippen molar-refractivity contribution in [2.75, 3.05) is 38.7 Å². The molecule has 2 heterocycles. The number of aromatic nitrogens is 1. The fraction of sp³-hybridized carbons (Fsp3) is 0.441. The molecule has 0 aliphatic carbocycles. The Bertz CT molecular complexity index is 1560. The molecule has 1 aliphatic rings. The second kappa shape index (κ2) is 16.1. The summed E-state index contributed by atoms with van der Waals surface area (Å²) in [6.07, 6.45) is 4.55. The third kappa shape index (κ3) is 8.91. The van der Waals surface area contributed by atoms with E-state index in [1.165, 1.54) is 23.7 Å². The van der Waals surface area contributed by atoms with Crippen molar-refractivity contribution in [3.63, 3.8) is 0 Å². The first-order valence-corrected chi connectivity index (χ1v) is 17.0. The summed E-state index contributed by atoms with van der Waals surface area (Å²) in [5.41, 5.74) is 1.07. The quantitative estimate of drug-likeness (QED) is 0.364. The second-order valence-corrected chi connectivity index (χ2v) is 13.8. The van der Waals surface area contributed by atoms with E-state index in [2.05, 4.69) is 10.3 Å². The minimum atomic E-state index is -3.77. The van der Waals surface area contributed by atoms with Gasteiger partial charge in [0.05, 0.1) is 35.3 Å². The summed E-state index contributed by atoms with van der Waals surface area (Å²) < 4.78 is 40.5. The molecule has 4 atom stereocenters. The van der Waals surface area contributed by atoms with E-state index in [1.807, 2.05) is 13.8 Å². The zero-order chi connectivity index (χ0) is 33.3. The van der Waals surface area contributed by atoms with Gasteiger partial charge in [-0.1, -0.05) is 25.1 Å². The van der Waals surface area contributed by atoms with Crippen LogP contribution in [0.5, 0.6) is 5.75 Å². The van der Waals surface area contributed by atoms with Crippen LogP contribution in [-0.4, -0.2) is 91.1 Å². The number of carbonyl (C=O) groups is 2. The lowest BCUT2D eigenvalue weighted by molar-refractivity contribution is -0.00834. The summed E-state index contributed by atoms with van der Waals surface area (Å²) in [6.45, 7) is 5.96. The number of hydrogen-bond acceptors (Lipinski definition) is 8. The molecule has 0 saturated heterocycles. The molecular formula is C34H44N4O7S. The van der Waals surface area contributed by atoms with Gasteiger partial charge in [0.15, 0.2) is 0 Å². The van der Waals surface area contributed by atoms with E-state index in [0.717, 1.165) is 12.8 Å². The smallest absolute Gasteiger partial charge is 0.258 e. The number of ether oxygens (including phenoxy) is 2. The van der Waals surface area contributed by atoms with Crippen LogP contribution < -0.4 is 10.1 Å². The maximum atomic E-state index is 14.3. The molecule has 0 radical (unpaired) electrons. The van der Waals surface area contributed by atoms with Crippen LogP contribution in [0.1, 0.15) is 60.7 Å². The first kappa shape index (κ1) is 35.0. The Morgan fingerprint density at radius 3 is 2.52 bits per heavy atom.